The molecule has 0 radical (unpaired) electrons. The van der Waals surface area contributed by atoms with Gasteiger partial charge in [-0.15, -0.1) is 11.3 Å². The molecule has 0 fully saturated rings. The first-order valence-electron chi connectivity index (χ1n) is 8.52. The van der Waals surface area contributed by atoms with Crippen LogP contribution in [0.15, 0.2) is 70.8 Å². The summed E-state index contributed by atoms with van der Waals surface area (Å²) in [4.78, 5) is 26.2. The van der Waals surface area contributed by atoms with E-state index in [4.69, 9.17) is 0 Å². The number of hydrogen-bond acceptors (Lipinski definition) is 4. The molecule has 0 aliphatic carbocycles. The molecule has 134 valence electrons. The van der Waals surface area contributed by atoms with Gasteiger partial charge in [0.2, 0.25) is 5.91 Å². The van der Waals surface area contributed by atoms with Gasteiger partial charge in [-0.05, 0) is 42.1 Å². The molecule has 0 aliphatic heterocycles. The van der Waals surface area contributed by atoms with Crippen molar-refractivity contribution >= 4 is 33.7 Å². The molecule has 0 aliphatic rings. The van der Waals surface area contributed by atoms with Crippen LogP contribution in [0.3, 0.4) is 0 Å². The lowest BCUT2D eigenvalue weighted by atomic mass is 10.1. The fourth-order valence-electron chi connectivity index (χ4n) is 3.00. The molecule has 2 heterocycles. The average molecular weight is 375 g/mol. The number of fused-ring (bicyclic) bond motifs is 1. The van der Waals surface area contributed by atoms with Gasteiger partial charge in [0.05, 0.1) is 10.3 Å². The molecule has 27 heavy (non-hydrogen) atoms. The number of benzene rings is 2. The van der Waals surface area contributed by atoms with Gasteiger partial charge < -0.3 is 5.32 Å². The fraction of sp³-hybridized carbons (Fsp3) is 0.0952. The monoisotopic (exact) mass is 375 g/mol. The normalized spacial score (nSPS) is 10.9. The molecule has 2 aromatic heterocycles. The molecule has 0 saturated heterocycles. The number of anilines is 1. The number of aromatic nitrogens is 2. The summed E-state index contributed by atoms with van der Waals surface area (Å²) < 4.78 is 1.24. The Morgan fingerprint density at radius 2 is 1.89 bits per heavy atom. The first-order chi connectivity index (χ1) is 13.1. The standard InChI is InChI=1S/C21H17N3O2S/c1-14-6-4-7-15(12-14)22-19(25)13-24-21(26)17-9-3-2-8-16(17)20(23-24)18-10-5-11-27-18/h2-12H,13H2,1H3,(H,22,25). The minimum absolute atomic E-state index is 0.143. The Morgan fingerprint density at radius 1 is 1.07 bits per heavy atom. The summed E-state index contributed by atoms with van der Waals surface area (Å²) in [5, 5.41) is 10.6. The minimum Gasteiger partial charge on any atom is -0.324 e. The third-order valence-corrected chi connectivity index (χ3v) is 5.09. The summed E-state index contributed by atoms with van der Waals surface area (Å²) >= 11 is 1.55. The van der Waals surface area contributed by atoms with Gasteiger partial charge in [-0.3, -0.25) is 9.59 Å². The number of thiophene rings is 1. The number of carbonyl (C=O) groups excluding carboxylic acids is 1. The Hall–Kier alpha value is -3.25. The highest BCUT2D eigenvalue weighted by Gasteiger charge is 2.14. The highest BCUT2D eigenvalue weighted by atomic mass is 32.1. The molecular formula is C21H17N3O2S. The van der Waals surface area contributed by atoms with Crippen LogP contribution in [-0.4, -0.2) is 15.7 Å². The largest absolute Gasteiger partial charge is 0.324 e. The molecule has 6 heteroatoms. The van der Waals surface area contributed by atoms with E-state index in [1.54, 1.807) is 17.4 Å². The second-order valence-electron chi connectivity index (χ2n) is 6.25. The molecule has 1 amide bonds. The maximum Gasteiger partial charge on any atom is 0.275 e. The van der Waals surface area contributed by atoms with E-state index >= 15 is 0 Å². The van der Waals surface area contributed by atoms with E-state index in [0.717, 1.165) is 15.8 Å². The molecule has 4 rings (SSSR count). The Labute approximate surface area is 159 Å². The molecule has 0 bridgehead atoms. The molecule has 4 aromatic rings. The van der Waals surface area contributed by atoms with E-state index in [-0.39, 0.29) is 18.0 Å². The summed E-state index contributed by atoms with van der Waals surface area (Å²) in [5.74, 6) is -0.289. The molecule has 5 nitrogen and oxygen atoms in total. The lowest BCUT2D eigenvalue weighted by molar-refractivity contribution is -0.117. The summed E-state index contributed by atoms with van der Waals surface area (Å²) in [6, 6.07) is 18.8. The van der Waals surface area contributed by atoms with Crippen LogP contribution < -0.4 is 10.9 Å². The van der Waals surface area contributed by atoms with Gasteiger partial charge >= 0.3 is 0 Å². The second-order valence-corrected chi connectivity index (χ2v) is 7.20. The molecule has 1 N–H and O–H groups in total. The maximum absolute atomic E-state index is 12.8. The van der Waals surface area contributed by atoms with Crippen LogP contribution in [0.4, 0.5) is 5.69 Å². The Balaban J connectivity index is 1.72. The van der Waals surface area contributed by atoms with Crippen molar-refractivity contribution in [2.24, 2.45) is 0 Å². The molecule has 0 unspecified atom stereocenters. The van der Waals surface area contributed by atoms with Gasteiger partial charge in [0, 0.05) is 11.1 Å². The van der Waals surface area contributed by atoms with Crippen molar-refractivity contribution in [2.45, 2.75) is 13.5 Å². The zero-order chi connectivity index (χ0) is 18.8. The number of aryl methyl sites for hydroxylation is 1. The third kappa shape index (κ3) is 3.52. The van der Waals surface area contributed by atoms with Gasteiger partial charge in [0.25, 0.3) is 5.56 Å². The van der Waals surface area contributed by atoms with Crippen LogP contribution in [0.2, 0.25) is 0 Å². The Morgan fingerprint density at radius 3 is 2.63 bits per heavy atom. The van der Waals surface area contributed by atoms with E-state index in [0.29, 0.717) is 16.8 Å². The quantitative estimate of drug-likeness (QED) is 0.585. The van der Waals surface area contributed by atoms with Crippen LogP contribution in [0.5, 0.6) is 0 Å². The van der Waals surface area contributed by atoms with Crippen molar-refractivity contribution in [1.29, 1.82) is 0 Å². The van der Waals surface area contributed by atoms with Gasteiger partial charge in [0.15, 0.2) is 0 Å². The van der Waals surface area contributed by atoms with Gasteiger partial charge in [-0.2, -0.15) is 5.10 Å². The first-order valence-corrected chi connectivity index (χ1v) is 9.40. The van der Waals surface area contributed by atoms with Crippen molar-refractivity contribution in [3.8, 4) is 10.6 Å². The van der Waals surface area contributed by atoms with Crippen LogP contribution in [0.1, 0.15) is 5.56 Å². The Bertz CT molecular complexity index is 1180. The second kappa shape index (κ2) is 7.17. The number of amides is 1. The summed E-state index contributed by atoms with van der Waals surface area (Å²) in [7, 11) is 0. The minimum atomic E-state index is -0.289. The van der Waals surface area contributed by atoms with Crippen molar-refractivity contribution in [3.05, 3.63) is 82.0 Å². The van der Waals surface area contributed by atoms with Crippen molar-refractivity contribution in [1.82, 2.24) is 9.78 Å². The van der Waals surface area contributed by atoms with E-state index in [9.17, 15) is 9.59 Å². The maximum atomic E-state index is 12.8. The van der Waals surface area contributed by atoms with Crippen molar-refractivity contribution in [2.75, 3.05) is 5.32 Å². The van der Waals surface area contributed by atoms with Crippen LogP contribution in [0, 0.1) is 6.92 Å². The van der Waals surface area contributed by atoms with Crippen LogP contribution in [-0.2, 0) is 11.3 Å². The predicted molar refractivity (Wildman–Crippen MR) is 109 cm³/mol. The SMILES string of the molecule is Cc1cccc(NC(=O)Cn2nc(-c3cccs3)c3ccccc3c2=O)c1. The summed E-state index contributed by atoms with van der Waals surface area (Å²) in [6.07, 6.45) is 0. The number of carbonyl (C=O) groups is 1. The zero-order valence-electron chi connectivity index (χ0n) is 14.7. The first kappa shape index (κ1) is 17.2. The highest BCUT2D eigenvalue weighted by molar-refractivity contribution is 7.13. The molecule has 2 aromatic carbocycles. The Kier molecular flexibility index (Phi) is 4.56. The average Bonchev–Trinajstić information content (AvgIpc) is 3.18. The number of nitrogens with zero attached hydrogens (tertiary/aromatic N) is 2. The molecular weight excluding hydrogens is 358 g/mol. The van der Waals surface area contributed by atoms with E-state index in [1.807, 2.05) is 66.9 Å². The van der Waals surface area contributed by atoms with E-state index in [2.05, 4.69) is 10.4 Å². The number of nitrogens with one attached hydrogen (secondary N) is 1. The lowest BCUT2D eigenvalue weighted by Crippen LogP contribution is -2.30. The van der Waals surface area contributed by atoms with Gasteiger partial charge in [-0.25, -0.2) is 4.68 Å². The van der Waals surface area contributed by atoms with Crippen molar-refractivity contribution in [3.63, 3.8) is 0 Å². The fourth-order valence-corrected chi connectivity index (χ4v) is 3.72. The highest BCUT2D eigenvalue weighted by Crippen LogP contribution is 2.28. The smallest absolute Gasteiger partial charge is 0.275 e. The third-order valence-electron chi connectivity index (χ3n) is 4.22. The summed E-state index contributed by atoms with van der Waals surface area (Å²) in [5.41, 5.74) is 2.19. The number of hydrogen-bond donors (Lipinski definition) is 1. The van der Waals surface area contributed by atoms with Crippen LogP contribution >= 0.6 is 11.3 Å². The van der Waals surface area contributed by atoms with Crippen LogP contribution in [0.25, 0.3) is 21.3 Å². The molecule has 0 spiro atoms. The van der Waals surface area contributed by atoms with Crippen molar-refractivity contribution < 1.29 is 4.79 Å². The topological polar surface area (TPSA) is 64.0 Å². The van der Waals surface area contributed by atoms with E-state index < -0.39 is 0 Å². The predicted octanol–water partition coefficient (Wildman–Crippen LogP) is 4.07. The summed E-state index contributed by atoms with van der Waals surface area (Å²) in [6.45, 7) is 1.81. The zero-order valence-corrected chi connectivity index (χ0v) is 15.5. The van der Waals surface area contributed by atoms with Gasteiger partial charge in [0.1, 0.15) is 12.2 Å². The number of rotatable bonds is 4. The lowest BCUT2D eigenvalue weighted by Gasteiger charge is -2.11. The molecule has 0 atom stereocenters. The van der Waals surface area contributed by atoms with Gasteiger partial charge in [-0.1, -0.05) is 36.4 Å². The molecule has 0 saturated carbocycles. The van der Waals surface area contributed by atoms with E-state index in [1.165, 1.54) is 4.68 Å².